The minimum absolute atomic E-state index is 0.460. The van der Waals surface area contributed by atoms with Gasteiger partial charge in [0, 0.05) is 12.1 Å². The first-order chi connectivity index (χ1) is 5.68. The van der Waals surface area contributed by atoms with E-state index in [1.165, 1.54) is 25.7 Å². The zero-order chi connectivity index (χ0) is 8.97. The molecular weight excluding hydrogens is 148 g/mol. The third kappa shape index (κ3) is 3.55. The van der Waals surface area contributed by atoms with Gasteiger partial charge in [0.2, 0.25) is 0 Å². The number of nitrogens with two attached hydrogens (primary N) is 1. The first-order valence-corrected chi connectivity index (χ1v) is 5.17. The Morgan fingerprint density at radius 1 is 1.42 bits per heavy atom. The van der Waals surface area contributed by atoms with E-state index in [1.54, 1.807) is 0 Å². The Balaban J connectivity index is 2.00. The van der Waals surface area contributed by atoms with Crippen LogP contribution in [0.2, 0.25) is 0 Å². The Labute approximate surface area is 75.9 Å². The first kappa shape index (κ1) is 10.0. The molecule has 12 heavy (non-hydrogen) atoms. The van der Waals surface area contributed by atoms with E-state index in [1.807, 2.05) is 0 Å². The lowest BCUT2D eigenvalue weighted by Gasteiger charge is -2.12. The lowest BCUT2D eigenvalue weighted by Crippen LogP contribution is -2.29. The first-order valence-electron chi connectivity index (χ1n) is 5.17. The van der Waals surface area contributed by atoms with Crippen molar-refractivity contribution in [2.45, 2.75) is 51.6 Å². The van der Waals surface area contributed by atoms with E-state index in [2.05, 4.69) is 19.2 Å². The maximum absolute atomic E-state index is 5.82. The molecule has 0 heterocycles. The van der Waals surface area contributed by atoms with E-state index in [0.29, 0.717) is 12.1 Å². The smallest absolute Gasteiger partial charge is 0.00823 e. The molecular formula is C10H22N2. The van der Waals surface area contributed by atoms with Crippen LogP contribution in [0.1, 0.15) is 39.5 Å². The zero-order valence-corrected chi connectivity index (χ0v) is 8.34. The van der Waals surface area contributed by atoms with E-state index in [-0.39, 0.29) is 0 Å². The van der Waals surface area contributed by atoms with Crippen LogP contribution < -0.4 is 11.1 Å². The molecule has 0 radical (unpaired) electrons. The van der Waals surface area contributed by atoms with E-state index in [9.17, 15) is 0 Å². The second-order valence-electron chi connectivity index (χ2n) is 4.41. The molecule has 2 nitrogen and oxygen atoms in total. The van der Waals surface area contributed by atoms with Crippen molar-refractivity contribution in [3.05, 3.63) is 0 Å². The van der Waals surface area contributed by atoms with Crippen LogP contribution in [0.3, 0.4) is 0 Å². The summed E-state index contributed by atoms with van der Waals surface area (Å²) in [6, 6.07) is 1.17. The molecule has 1 rings (SSSR count). The largest absolute Gasteiger partial charge is 0.328 e. The van der Waals surface area contributed by atoms with Crippen LogP contribution in [-0.2, 0) is 0 Å². The van der Waals surface area contributed by atoms with Crippen LogP contribution in [0.25, 0.3) is 0 Å². The van der Waals surface area contributed by atoms with Gasteiger partial charge in [0.25, 0.3) is 0 Å². The van der Waals surface area contributed by atoms with Gasteiger partial charge in [0.15, 0.2) is 0 Å². The standard InChI is InChI=1S/C10H22N2/c1-8(2)5-6-12-10-4-3-9(11)7-10/h8-10,12H,3-7,11H2,1-2H3. The lowest BCUT2D eigenvalue weighted by atomic mass is 10.1. The maximum Gasteiger partial charge on any atom is 0.00823 e. The molecule has 0 aromatic heterocycles. The van der Waals surface area contributed by atoms with Crippen molar-refractivity contribution in [1.82, 2.24) is 5.32 Å². The maximum atomic E-state index is 5.82. The Morgan fingerprint density at radius 2 is 2.17 bits per heavy atom. The van der Waals surface area contributed by atoms with Crippen molar-refractivity contribution in [2.24, 2.45) is 11.7 Å². The summed E-state index contributed by atoms with van der Waals surface area (Å²) in [7, 11) is 0. The fourth-order valence-electron chi connectivity index (χ4n) is 1.78. The second-order valence-corrected chi connectivity index (χ2v) is 4.41. The average molecular weight is 170 g/mol. The summed E-state index contributed by atoms with van der Waals surface area (Å²) in [5.74, 6) is 0.813. The van der Waals surface area contributed by atoms with Crippen molar-refractivity contribution in [1.29, 1.82) is 0 Å². The average Bonchev–Trinajstić information content (AvgIpc) is 2.35. The Kier molecular flexibility index (Phi) is 4.02. The lowest BCUT2D eigenvalue weighted by molar-refractivity contribution is 0.470. The summed E-state index contributed by atoms with van der Waals surface area (Å²) in [6.45, 7) is 5.69. The van der Waals surface area contributed by atoms with Crippen LogP contribution in [0, 0.1) is 5.92 Å². The molecule has 2 atom stereocenters. The van der Waals surface area contributed by atoms with Crippen LogP contribution in [0.4, 0.5) is 0 Å². The molecule has 1 aliphatic rings. The van der Waals surface area contributed by atoms with Gasteiger partial charge in [-0.05, 0) is 38.1 Å². The van der Waals surface area contributed by atoms with Crippen LogP contribution in [0.5, 0.6) is 0 Å². The highest BCUT2D eigenvalue weighted by molar-refractivity contribution is 4.82. The second kappa shape index (κ2) is 4.83. The molecule has 2 heteroatoms. The van der Waals surface area contributed by atoms with Gasteiger partial charge in [0.1, 0.15) is 0 Å². The molecule has 0 saturated heterocycles. The third-order valence-corrected chi connectivity index (χ3v) is 2.63. The molecule has 0 aromatic carbocycles. The number of hydrogen-bond acceptors (Lipinski definition) is 2. The van der Waals surface area contributed by atoms with Gasteiger partial charge in [-0.1, -0.05) is 13.8 Å². The molecule has 2 unspecified atom stereocenters. The van der Waals surface area contributed by atoms with E-state index in [0.717, 1.165) is 12.5 Å². The van der Waals surface area contributed by atoms with Crippen molar-refractivity contribution in [3.8, 4) is 0 Å². The van der Waals surface area contributed by atoms with Gasteiger partial charge < -0.3 is 11.1 Å². The van der Waals surface area contributed by atoms with E-state index < -0.39 is 0 Å². The fraction of sp³-hybridized carbons (Fsp3) is 1.00. The van der Waals surface area contributed by atoms with Gasteiger partial charge >= 0.3 is 0 Å². The van der Waals surface area contributed by atoms with E-state index in [4.69, 9.17) is 5.73 Å². The van der Waals surface area contributed by atoms with Crippen molar-refractivity contribution < 1.29 is 0 Å². The molecule has 0 aliphatic heterocycles. The Bertz CT molecular complexity index is 123. The molecule has 72 valence electrons. The summed E-state index contributed by atoms with van der Waals surface area (Å²) >= 11 is 0. The number of rotatable bonds is 4. The summed E-state index contributed by atoms with van der Waals surface area (Å²) in [5.41, 5.74) is 5.82. The molecule has 1 saturated carbocycles. The highest BCUT2D eigenvalue weighted by Crippen LogP contribution is 2.16. The minimum Gasteiger partial charge on any atom is -0.328 e. The monoisotopic (exact) mass is 170 g/mol. The molecule has 0 spiro atoms. The number of hydrogen-bond donors (Lipinski definition) is 2. The van der Waals surface area contributed by atoms with Gasteiger partial charge in [-0.25, -0.2) is 0 Å². The zero-order valence-electron chi connectivity index (χ0n) is 8.34. The van der Waals surface area contributed by atoms with Crippen molar-refractivity contribution >= 4 is 0 Å². The quantitative estimate of drug-likeness (QED) is 0.671. The predicted octanol–water partition coefficient (Wildman–Crippen LogP) is 1.50. The summed E-state index contributed by atoms with van der Waals surface area (Å²) in [4.78, 5) is 0. The highest BCUT2D eigenvalue weighted by atomic mass is 14.9. The Hall–Kier alpha value is -0.0800. The fourth-order valence-corrected chi connectivity index (χ4v) is 1.78. The van der Waals surface area contributed by atoms with Gasteiger partial charge in [0.05, 0.1) is 0 Å². The van der Waals surface area contributed by atoms with Gasteiger partial charge in [-0.2, -0.15) is 0 Å². The highest BCUT2D eigenvalue weighted by Gasteiger charge is 2.20. The minimum atomic E-state index is 0.460. The molecule has 0 amide bonds. The molecule has 0 bridgehead atoms. The topological polar surface area (TPSA) is 38.0 Å². The van der Waals surface area contributed by atoms with E-state index >= 15 is 0 Å². The van der Waals surface area contributed by atoms with Crippen LogP contribution in [-0.4, -0.2) is 18.6 Å². The van der Waals surface area contributed by atoms with Crippen LogP contribution >= 0.6 is 0 Å². The van der Waals surface area contributed by atoms with Crippen molar-refractivity contribution in [3.63, 3.8) is 0 Å². The Morgan fingerprint density at radius 3 is 2.67 bits per heavy atom. The third-order valence-electron chi connectivity index (χ3n) is 2.63. The SMILES string of the molecule is CC(C)CCNC1CCC(N)C1. The summed E-state index contributed by atoms with van der Waals surface area (Å²) in [5, 5.41) is 3.56. The normalized spacial score (nSPS) is 30.0. The number of nitrogens with one attached hydrogen (secondary N) is 1. The molecule has 1 aliphatic carbocycles. The molecule has 1 fully saturated rings. The summed E-state index contributed by atoms with van der Waals surface area (Å²) in [6.07, 6.45) is 4.95. The van der Waals surface area contributed by atoms with Crippen molar-refractivity contribution in [2.75, 3.05) is 6.54 Å². The molecule has 3 N–H and O–H groups in total. The summed E-state index contributed by atoms with van der Waals surface area (Å²) < 4.78 is 0. The van der Waals surface area contributed by atoms with Gasteiger partial charge in [-0.3, -0.25) is 0 Å². The predicted molar refractivity (Wildman–Crippen MR) is 53.1 cm³/mol. The molecule has 0 aromatic rings. The van der Waals surface area contributed by atoms with Gasteiger partial charge in [-0.15, -0.1) is 0 Å². The van der Waals surface area contributed by atoms with Crippen LogP contribution in [0.15, 0.2) is 0 Å².